The summed E-state index contributed by atoms with van der Waals surface area (Å²) >= 11 is 0. The highest BCUT2D eigenvalue weighted by atomic mass is 19.4. The molecular formula is C26H35F3N4O. The SMILES string of the molecule is CC/C=C/N/C=C(\C)c1ccnc(Nc2ccc(OC(F)(F)F)cc2)c1C(NC)C(CC)CC. The van der Waals surface area contributed by atoms with Gasteiger partial charge in [-0.15, -0.1) is 13.2 Å². The Kier molecular flexibility index (Phi) is 10.4. The van der Waals surface area contributed by atoms with Crippen molar-refractivity contribution < 1.29 is 17.9 Å². The van der Waals surface area contributed by atoms with Gasteiger partial charge in [-0.1, -0.05) is 39.7 Å². The number of aromatic nitrogens is 1. The second-order valence-electron chi connectivity index (χ2n) is 7.97. The molecule has 0 saturated carbocycles. The second-order valence-corrected chi connectivity index (χ2v) is 7.97. The Morgan fingerprint density at radius 1 is 1.09 bits per heavy atom. The maximum atomic E-state index is 12.5. The Hall–Kier alpha value is -3.00. The topological polar surface area (TPSA) is 58.2 Å². The van der Waals surface area contributed by atoms with E-state index in [1.165, 1.54) is 12.1 Å². The lowest BCUT2D eigenvalue weighted by atomic mass is 9.85. The Morgan fingerprint density at radius 3 is 2.32 bits per heavy atom. The Bertz CT molecular complexity index is 952. The molecule has 0 radical (unpaired) electrons. The first-order valence-corrected chi connectivity index (χ1v) is 11.6. The molecule has 0 aliphatic rings. The zero-order chi connectivity index (χ0) is 25.1. The van der Waals surface area contributed by atoms with E-state index in [2.05, 4.69) is 46.4 Å². The minimum Gasteiger partial charge on any atom is -0.406 e. The van der Waals surface area contributed by atoms with Crippen LogP contribution in [0, 0.1) is 5.92 Å². The molecule has 0 bridgehead atoms. The number of nitrogens with one attached hydrogen (secondary N) is 3. The molecule has 8 heteroatoms. The molecule has 2 aromatic rings. The first kappa shape index (κ1) is 27.2. The van der Waals surface area contributed by atoms with Crippen molar-refractivity contribution in [2.75, 3.05) is 12.4 Å². The molecular weight excluding hydrogens is 441 g/mol. The third-order valence-corrected chi connectivity index (χ3v) is 5.66. The minimum absolute atomic E-state index is 0.0311. The van der Waals surface area contributed by atoms with Crippen molar-refractivity contribution in [3.05, 3.63) is 66.1 Å². The van der Waals surface area contributed by atoms with Crippen molar-refractivity contribution in [1.29, 1.82) is 0 Å². The average Bonchev–Trinajstić information content (AvgIpc) is 2.80. The van der Waals surface area contributed by atoms with E-state index in [1.54, 1.807) is 18.3 Å². The molecule has 0 aliphatic carbocycles. The summed E-state index contributed by atoms with van der Waals surface area (Å²) in [7, 11) is 1.94. The van der Waals surface area contributed by atoms with E-state index in [0.717, 1.165) is 36.0 Å². The van der Waals surface area contributed by atoms with E-state index in [1.807, 2.05) is 38.5 Å². The molecule has 0 fully saturated rings. The van der Waals surface area contributed by atoms with Gasteiger partial charge in [0.15, 0.2) is 0 Å². The van der Waals surface area contributed by atoms with Gasteiger partial charge in [-0.05, 0) is 74.0 Å². The molecule has 5 nitrogen and oxygen atoms in total. The van der Waals surface area contributed by atoms with Crippen LogP contribution in [0.4, 0.5) is 24.7 Å². The third kappa shape index (κ3) is 7.80. The summed E-state index contributed by atoms with van der Waals surface area (Å²) in [5, 5.41) is 9.98. The lowest BCUT2D eigenvalue weighted by Gasteiger charge is -2.29. The van der Waals surface area contributed by atoms with Crippen LogP contribution in [-0.2, 0) is 0 Å². The van der Waals surface area contributed by atoms with Crippen molar-refractivity contribution in [3.8, 4) is 5.75 Å². The van der Waals surface area contributed by atoms with Crippen molar-refractivity contribution in [2.45, 2.75) is 59.4 Å². The molecule has 1 aromatic carbocycles. The van der Waals surface area contributed by atoms with E-state index in [0.29, 0.717) is 17.4 Å². The zero-order valence-corrected chi connectivity index (χ0v) is 20.5. The number of nitrogens with zero attached hydrogens (tertiary/aromatic N) is 1. The van der Waals surface area contributed by atoms with Crippen LogP contribution in [0.1, 0.15) is 64.1 Å². The summed E-state index contributed by atoms with van der Waals surface area (Å²) in [5.74, 6) is 0.761. The molecule has 2 rings (SSSR count). The smallest absolute Gasteiger partial charge is 0.406 e. The van der Waals surface area contributed by atoms with Gasteiger partial charge in [0.2, 0.25) is 0 Å². The lowest BCUT2D eigenvalue weighted by molar-refractivity contribution is -0.274. The molecule has 186 valence electrons. The first-order valence-electron chi connectivity index (χ1n) is 11.6. The molecule has 1 aromatic heterocycles. The van der Waals surface area contributed by atoms with Crippen LogP contribution in [0.5, 0.6) is 5.75 Å². The number of rotatable bonds is 12. The third-order valence-electron chi connectivity index (χ3n) is 5.66. The van der Waals surface area contributed by atoms with Gasteiger partial charge in [0.1, 0.15) is 11.6 Å². The fourth-order valence-corrected chi connectivity index (χ4v) is 3.92. The van der Waals surface area contributed by atoms with E-state index < -0.39 is 6.36 Å². The lowest BCUT2D eigenvalue weighted by Crippen LogP contribution is -2.27. The Balaban J connectivity index is 2.49. The van der Waals surface area contributed by atoms with Crippen LogP contribution in [0.15, 0.2) is 55.0 Å². The van der Waals surface area contributed by atoms with Crippen molar-refractivity contribution >= 4 is 17.1 Å². The number of hydrogen-bond donors (Lipinski definition) is 3. The number of ether oxygens (including phenoxy) is 1. The van der Waals surface area contributed by atoms with E-state index in [9.17, 15) is 13.2 Å². The Morgan fingerprint density at radius 2 is 1.76 bits per heavy atom. The number of allylic oxidation sites excluding steroid dienone is 2. The van der Waals surface area contributed by atoms with Gasteiger partial charge in [0, 0.05) is 29.7 Å². The molecule has 3 N–H and O–H groups in total. The predicted octanol–water partition coefficient (Wildman–Crippen LogP) is 7.29. The van der Waals surface area contributed by atoms with Crippen LogP contribution >= 0.6 is 0 Å². The van der Waals surface area contributed by atoms with Crippen LogP contribution in [0.3, 0.4) is 0 Å². The number of pyridine rings is 1. The molecule has 0 amide bonds. The number of halogens is 3. The maximum absolute atomic E-state index is 12.5. The van der Waals surface area contributed by atoms with E-state index in [4.69, 9.17) is 0 Å². The fourth-order valence-electron chi connectivity index (χ4n) is 3.92. The summed E-state index contributed by atoms with van der Waals surface area (Å²) in [6.45, 7) is 8.45. The minimum atomic E-state index is -4.72. The van der Waals surface area contributed by atoms with E-state index >= 15 is 0 Å². The fraction of sp³-hybridized carbons (Fsp3) is 0.423. The highest BCUT2D eigenvalue weighted by Gasteiger charge is 2.31. The van der Waals surface area contributed by atoms with Gasteiger partial charge in [0.05, 0.1) is 0 Å². The largest absolute Gasteiger partial charge is 0.573 e. The normalized spacial score (nSPS) is 13.4. The molecule has 1 atom stereocenters. The average molecular weight is 477 g/mol. The van der Waals surface area contributed by atoms with Crippen LogP contribution in [-0.4, -0.2) is 18.4 Å². The molecule has 1 unspecified atom stereocenters. The Labute approximate surface area is 200 Å². The number of benzene rings is 1. The summed E-state index contributed by atoms with van der Waals surface area (Å²) < 4.78 is 41.5. The monoisotopic (exact) mass is 476 g/mol. The standard InChI is InChI=1S/C26H35F3N4O/c1-6-9-15-31-17-18(4)22-14-16-32-25(23(22)24(30-5)19(7-2)8-3)33-20-10-12-21(13-11-20)34-26(27,28)29/h9-17,19,24,30-31H,6-8H2,1-5H3,(H,32,33)/b15-9+,18-17+. The highest BCUT2D eigenvalue weighted by Crippen LogP contribution is 2.37. The van der Waals surface area contributed by atoms with Crippen LogP contribution < -0.4 is 20.7 Å². The van der Waals surface area contributed by atoms with Gasteiger partial charge in [0.25, 0.3) is 0 Å². The molecule has 0 spiro atoms. The molecule has 0 aliphatic heterocycles. The van der Waals surface area contributed by atoms with Crippen molar-refractivity contribution in [3.63, 3.8) is 0 Å². The summed E-state index contributed by atoms with van der Waals surface area (Å²) in [6, 6.07) is 7.68. The van der Waals surface area contributed by atoms with Crippen LogP contribution in [0.2, 0.25) is 0 Å². The van der Waals surface area contributed by atoms with Gasteiger partial charge in [-0.2, -0.15) is 0 Å². The van der Waals surface area contributed by atoms with E-state index in [-0.39, 0.29) is 11.8 Å². The predicted molar refractivity (Wildman–Crippen MR) is 133 cm³/mol. The zero-order valence-electron chi connectivity index (χ0n) is 20.5. The number of hydrogen-bond acceptors (Lipinski definition) is 5. The highest BCUT2D eigenvalue weighted by molar-refractivity contribution is 5.73. The van der Waals surface area contributed by atoms with Gasteiger partial charge in [-0.25, -0.2) is 4.98 Å². The quantitative estimate of drug-likeness (QED) is 0.300. The molecule has 34 heavy (non-hydrogen) atoms. The van der Waals surface area contributed by atoms with Gasteiger partial charge in [-0.3, -0.25) is 0 Å². The molecule has 1 heterocycles. The molecule has 0 saturated heterocycles. The van der Waals surface area contributed by atoms with Crippen molar-refractivity contribution in [1.82, 2.24) is 15.6 Å². The van der Waals surface area contributed by atoms with Crippen LogP contribution in [0.25, 0.3) is 5.57 Å². The number of anilines is 2. The van der Waals surface area contributed by atoms with Gasteiger partial charge < -0.3 is 20.7 Å². The number of alkyl halides is 3. The van der Waals surface area contributed by atoms with Crippen molar-refractivity contribution in [2.24, 2.45) is 5.92 Å². The maximum Gasteiger partial charge on any atom is 0.573 e. The summed E-state index contributed by atoms with van der Waals surface area (Å²) in [5.41, 5.74) is 3.72. The summed E-state index contributed by atoms with van der Waals surface area (Å²) in [6.07, 6.45) is 5.83. The van der Waals surface area contributed by atoms with Gasteiger partial charge >= 0.3 is 6.36 Å². The second kappa shape index (κ2) is 13.0. The summed E-state index contributed by atoms with van der Waals surface area (Å²) in [4.78, 5) is 4.60. The first-order chi connectivity index (χ1) is 16.2.